The van der Waals surface area contributed by atoms with Gasteiger partial charge in [0.15, 0.2) is 0 Å². The van der Waals surface area contributed by atoms with Crippen molar-refractivity contribution in [1.29, 1.82) is 0 Å². The molecule has 1 atom stereocenters. The second-order valence-electron chi connectivity index (χ2n) is 5.04. The number of hydrogen-bond acceptors (Lipinski definition) is 2. The average Bonchev–Trinajstić information content (AvgIpc) is 2.65. The van der Waals surface area contributed by atoms with Gasteiger partial charge in [0, 0.05) is 19.5 Å². The number of fused-ring (bicyclic) bond motifs is 1. The van der Waals surface area contributed by atoms with E-state index in [1.165, 1.54) is 6.07 Å². The van der Waals surface area contributed by atoms with Crippen LogP contribution in [0.1, 0.15) is 31.2 Å². The van der Waals surface area contributed by atoms with Crippen LogP contribution in [-0.2, 0) is 19.6 Å². The zero-order valence-electron chi connectivity index (χ0n) is 11.5. The number of halogens is 3. The predicted octanol–water partition coefficient (Wildman–Crippen LogP) is 3.26. The quantitative estimate of drug-likeness (QED) is 0.937. The van der Waals surface area contributed by atoms with Gasteiger partial charge in [0.1, 0.15) is 5.82 Å². The Kier molecular flexibility index (Phi) is 4.04. The molecule has 0 saturated carbocycles. The van der Waals surface area contributed by atoms with Crippen molar-refractivity contribution in [2.24, 2.45) is 12.8 Å². The maximum Gasteiger partial charge on any atom is 0.416 e. The Morgan fingerprint density at radius 1 is 1.35 bits per heavy atom. The van der Waals surface area contributed by atoms with Gasteiger partial charge in [-0.3, -0.25) is 0 Å². The van der Waals surface area contributed by atoms with Gasteiger partial charge in [-0.15, -0.1) is 0 Å². The third-order valence-corrected chi connectivity index (χ3v) is 3.41. The Labute approximate surface area is 115 Å². The van der Waals surface area contributed by atoms with E-state index in [2.05, 4.69) is 4.98 Å². The lowest BCUT2D eigenvalue weighted by Crippen LogP contribution is -2.23. The molecule has 3 nitrogen and oxygen atoms in total. The van der Waals surface area contributed by atoms with E-state index in [9.17, 15) is 13.2 Å². The summed E-state index contributed by atoms with van der Waals surface area (Å²) in [6, 6.07) is 3.61. The molecule has 2 rings (SSSR count). The summed E-state index contributed by atoms with van der Waals surface area (Å²) in [5, 5.41) is 0. The molecule has 0 amide bonds. The SMILES string of the molecule is CCCC(N)Cc1nc2cc(C(F)(F)F)ccc2n1C. The minimum atomic E-state index is -4.34. The van der Waals surface area contributed by atoms with Crippen LogP contribution in [0, 0.1) is 0 Å². The summed E-state index contributed by atoms with van der Waals surface area (Å²) in [6.07, 6.45) is -1.93. The predicted molar refractivity (Wildman–Crippen MR) is 72.3 cm³/mol. The van der Waals surface area contributed by atoms with Gasteiger partial charge in [0.2, 0.25) is 0 Å². The van der Waals surface area contributed by atoms with Crippen molar-refractivity contribution in [3.05, 3.63) is 29.6 Å². The van der Waals surface area contributed by atoms with E-state index >= 15 is 0 Å². The maximum absolute atomic E-state index is 12.7. The highest BCUT2D eigenvalue weighted by Gasteiger charge is 2.31. The molecule has 0 spiro atoms. The van der Waals surface area contributed by atoms with Gasteiger partial charge in [0.05, 0.1) is 16.6 Å². The van der Waals surface area contributed by atoms with Crippen molar-refractivity contribution in [2.45, 2.75) is 38.4 Å². The molecule has 6 heteroatoms. The van der Waals surface area contributed by atoms with Crippen LogP contribution in [0.25, 0.3) is 11.0 Å². The van der Waals surface area contributed by atoms with Crippen LogP contribution >= 0.6 is 0 Å². The standard InChI is InChI=1S/C14H18F3N3/c1-3-4-10(18)8-13-19-11-7-9(14(15,16)17)5-6-12(11)20(13)2/h5-7,10H,3-4,8,18H2,1-2H3. The van der Waals surface area contributed by atoms with Gasteiger partial charge in [-0.25, -0.2) is 4.98 Å². The first kappa shape index (κ1) is 14.8. The van der Waals surface area contributed by atoms with Gasteiger partial charge in [0.25, 0.3) is 0 Å². The lowest BCUT2D eigenvalue weighted by Gasteiger charge is -2.09. The van der Waals surface area contributed by atoms with Crippen molar-refractivity contribution in [3.8, 4) is 0 Å². The van der Waals surface area contributed by atoms with Crippen molar-refractivity contribution in [3.63, 3.8) is 0 Å². The lowest BCUT2D eigenvalue weighted by atomic mass is 10.1. The summed E-state index contributed by atoms with van der Waals surface area (Å²) in [6.45, 7) is 2.05. The second-order valence-corrected chi connectivity index (χ2v) is 5.04. The topological polar surface area (TPSA) is 43.8 Å². The van der Waals surface area contributed by atoms with E-state index in [0.717, 1.165) is 30.8 Å². The minimum absolute atomic E-state index is 0.0161. The van der Waals surface area contributed by atoms with Gasteiger partial charge in [-0.2, -0.15) is 13.2 Å². The molecule has 1 heterocycles. The summed E-state index contributed by atoms with van der Waals surface area (Å²) in [7, 11) is 1.80. The van der Waals surface area contributed by atoms with Crippen molar-refractivity contribution in [2.75, 3.05) is 0 Å². The number of benzene rings is 1. The number of rotatable bonds is 4. The molecule has 0 aliphatic heterocycles. The van der Waals surface area contributed by atoms with E-state index in [1.54, 1.807) is 7.05 Å². The van der Waals surface area contributed by atoms with Crippen LogP contribution in [0.5, 0.6) is 0 Å². The minimum Gasteiger partial charge on any atom is -0.331 e. The van der Waals surface area contributed by atoms with Crippen LogP contribution in [-0.4, -0.2) is 15.6 Å². The number of aryl methyl sites for hydroxylation is 1. The Bertz CT molecular complexity index is 601. The van der Waals surface area contributed by atoms with Crippen molar-refractivity contribution < 1.29 is 13.2 Å². The Morgan fingerprint density at radius 3 is 2.65 bits per heavy atom. The Balaban J connectivity index is 2.37. The number of nitrogens with two attached hydrogens (primary N) is 1. The normalized spacial score (nSPS) is 13.9. The van der Waals surface area contributed by atoms with Gasteiger partial charge < -0.3 is 10.3 Å². The highest BCUT2D eigenvalue weighted by Crippen LogP contribution is 2.31. The van der Waals surface area contributed by atoms with Crippen molar-refractivity contribution >= 4 is 11.0 Å². The van der Waals surface area contributed by atoms with E-state index in [-0.39, 0.29) is 6.04 Å². The van der Waals surface area contributed by atoms with E-state index < -0.39 is 11.7 Å². The molecule has 110 valence electrons. The van der Waals surface area contributed by atoms with Crippen LogP contribution in [0.15, 0.2) is 18.2 Å². The summed E-state index contributed by atoms with van der Waals surface area (Å²) >= 11 is 0. The molecule has 0 fully saturated rings. The van der Waals surface area contributed by atoms with Gasteiger partial charge in [-0.05, 0) is 24.6 Å². The first-order valence-electron chi connectivity index (χ1n) is 6.61. The van der Waals surface area contributed by atoms with Gasteiger partial charge >= 0.3 is 6.18 Å². The first-order valence-corrected chi connectivity index (χ1v) is 6.61. The first-order chi connectivity index (χ1) is 9.32. The summed E-state index contributed by atoms with van der Waals surface area (Å²) in [4.78, 5) is 4.29. The van der Waals surface area contributed by atoms with E-state index in [1.807, 2.05) is 11.5 Å². The average molecular weight is 285 g/mol. The fourth-order valence-corrected chi connectivity index (χ4v) is 2.32. The number of imidazole rings is 1. The Hall–Kier alpha value is -1.56. The smallest absolute Gasteiger partial charge is 0.331 e. The van der Waals surface area contributed by atoms with E-state index in [0.29, 0.717) is 17.5 Å². The molecule has 1 aromatic heterocycles. The Morgan fingerprint density at radius 2 is 2.05 bits per heavy atom. The second kappa shape index (κ2) is 5.44. The molecular weight excluding hydrogens is 267 g/mol. The van der Waals surface area contributed by atoms with Gasteiger partial charge in [-0.1, -0.05) is 13.3 Å². The zero-order valence-corrected chi connectivity index (χ0v) is 11.5. The largest absolute Gasteiger partial charge is 0.416 e. The molecule has 2 N–H and O–H groups in total. The monoisotopic (exact) mass is 285 g/mol. The number of nitrogens with zero attached hydrogens (tertiary/aromatic N) is 2. The molecule has 0 aliphatic rings. The van der Waals surface area contributed by atoms with Crippen LogP contribution in [0.4, 0.5) is 13.2 Å². The number of hydrogen-bond donors (Lipinski definition) is 1. The number of alkyl halides is 3. The van der Waals surface area contributed by atoms with E-state index in [4.69, 9.17) is 5.73 Å². The molecule has 2 aromatic rings. The molecule has 1 aromatic carbocycles. The molecule has 0 radical (unpaired) electrons. The molecule has 0 aliphatic carbocycles. The molecule has 1 unspecified atom stereocenters. The third-order valence-electron chi connectivity index (χ3n) is 3.41. The summed E-state index contributed by atoms with van der Waals surface area (Å²) in [5.74, 6) is 0.722. The highest BCUT2D eigenvalue weighted by atomic mass is 19.4. The zero-order chi connectivity index (χ0) is 14.9. The van der Waals surface area contributed by atoms with Crippen molar-refractivity contribution in [1.82, 2.24) is 9.55 Å². The lowest BCUT2D eigenvalue weighted by molar-refractivity contribution is -0.137. The fourth-order valence-electron chi connectivity index (χ4n) is 2.32. The fraction of sp³-hybridized carbons (Fsp3) is 0.500. The highest BCUT2D eigenvalue weighted by molar-refractivity contribution is 5.77. The number of aromatic nitrogens is 2. The maximum atomic E-state index is 12.7. The van der Waals surface area contributed by atoms with Crippen LogP contribution in [0.3, 0.4) is 0 Å². The third kappa shape index (κ3) is 2.95. The van der Waals surface area contributed by atoms with Crippen LogP contribution < -0.4 is 5.73 Å². The summed E-state index contributed by atoms with van der Waals surface area (Å²) < 4.78 is 39.8. The van der Waals surface area contributed by atoms with Crippen LogP contribution in [0.2, 0.25) is 0 Å². The molecule has 20 heavy (non-hydrogen) atoms. The molecular formula is C14H18F3N3. The summed E-state index contributed by atoms with van der Waals surface area (Å²) in [5.41, 5.74) is 6.35. The molecule has 0 saturated heterocycles. The molecule has 0 bridgehead atoms.